The number of ether oxygens (including phenoxy) is 1. The molecule has 1 spiro atoms. The van der Waals surface area contributed by atoms with Gasteiger partial charge in [0.05, 0.1) is 12.0 Å². The zero-order valence-corrected chi connectivity index (χ0v) is 18.3. The first-order chi connectivity index (χ1) is 14.8. The lowest BCUT2D eigenvalue weighted by molar-refractivity contribution is 0.00430. The molecule has 1 aliphatic carbocycles. The maximum absolute atomic E-state index is 13.3. The van der Waals surface area contributed by atoms with Gasteiger partial charge in [0.1, 0.15) is 16.9 Å². The molecule has 5 nitrogen and oxygen atoms in total. The number of ketones is 1. The average molecular weight is 438 g/mol. The van der Waals surface area contributed by atoms with Gasteiger partial charge in [-0.15, -0.1) is 0 Å². The van der Waals surface area contributed by atoms with E-state index >= 15 is 0 Å². The molecule has 0 bridgehead atoms. The topological polar surface area (TPSA) is 68.5 Å². The normalized spacial score (nSPS) is 22.9. The lowest BCUT2D eigenvalue weighted by Gasteiger charge is -2.42. The van der Waals surface area contributed by atoms with Crippen LogP contribution >= 0.6 is 11.6 Å². The number of fused-ring (bicyclic) bond motifs is 3. The van der Waals surface area contributed by atoms with Crippen LogP contribution in [0, 0.1) is 12.8 Å². The summed E-state index contributed by atoms with van der Waals surface area (Å²) >= 11 is 5.91. The number of hydrogen-bond acceptors (Lipinski definition) is 4. The van der Waals surface area contributed by atoms with Crippen molar-refractivity contribution in [1.29, 1.82) is 0 Å². The highest BCUT2D eigenvalue weighted by atomic mass is 35.5. The van der Waals surface area contributed by atoms with Crippen molar-refractivity contribution < 1.29 is 18.7 Å². The summed E-state index contributed by atoms with van der Waals surface area (Å²) in [7, 11) is 0. The van der Waals surface area contributed by atoms with Crippen molar-refractivity contribution in [3.8, 4) is 5.75 Å². The second-order valence-electron chi connectivity index (χ2n) is 8.90. The molecule has 6 heteroatoms. The number of furan rings is 1. The summed E-state index contributed by atoms with van der Waals surface area (Å²) in [6.07, 6.45) is 4.32. The lowest BCUT2D eigenvalue weighted by atomic mass is 9.74. The third-order valence-corrected chi connectivity index (χ3v) is 6.89. The molecule has 1 aromatic heterocycles. The van der Waals surface area contributed by atoms with E-state index in [0.29, 0.717) is 50.9 Å². The van der Waals surface area contributed by atoms with Gasteiger partial charge in [-0.2, -0.15) is 0 Å². The molecule has 2 aliphatic rings. The van der Waals surface area contributed by atoms with Gasteiger partial charge in [0.2, 0.25) is 0 Å². The summed E-state index contributed by atoms with van der Waals surface area (Å²) in [6, 6.07) is 10.5. The highest BCUT2D eigenvalue weighted by molar-refractivity contribution is 6.30. The standard InChI is InChI=1S/C25H24ClNO4/c1-14-9-11-25(12-10-14)13-18(28)22-20(31-25)8-7-19-21(22)15(2)23(30-19)24(29)27-17-5-3-16(26)4-6-17/h3-8,14H,9-13H2,1-2H3,(H,27,29). The summed E-state index contributed by atoms with van der Waals surface area (Å²) in [5.74, 6) is 1.16. The zero-order chi connectivity index (χ0) is 21.8. The van der Waals surface area contributed by atoms with Gasteiger partial charge in [0.25, 0.3) is 5.91 Å². The van der Waals surface area contributed by atoms with E-state index in [0.717, 1.165) is 25.7 Å². The predicted molar refractivity (Wildman–Crippen MR) is 120 cm³/mol. The fourth-order valence-electron chi connectivity index (χ4n) is 4.84. The van der Waals surface area contributed by atoms with Crippen molar-refractivity contribution in [2.24, 2.45) is 5.92 Å². The molecule has 0 saturated heterocycles. The number of Topliss-reactive ketones (excluding diaryl/α,β-unsaturated/α-hetero) is 1. The number of anilines is 1. The van der Waals surface area contributed by atoms with Crippen LogP contribution in [0.1, 0.15) is 65.5 Å². The fourth-order valence-corrected chi connectivity index (χ4v) is 4.96. The molecule has 2 heterocycles. The van der Waals surface area contributed by atoms with E-state index in [4.69, 9.17) is 20.8 Å². The van der Waals surface area contributed by atoms with Crippen molar-refractivity contribution in [2.75, 3.05) is 5.32 Å². The maximum atomic E-state index is 13.3. The van der Waals surface area contributed by atoms with Gasteiger partial charge >= 0.3 is 0 Å². The Morgan fingerprint density at radius 2 is 1.84 bits per heavy atom. The smallest absolute Gasteiger partial charge is 0.291 e. The van der Waals surface area contributed by atoms with Crippen molar-refractivity contribution in [3.05, 3.63) is 58.3 Å². The molecule has 1 N–H and O–H groups in total. The van der Waals surface area contributed by atoms with Gasteiger partial charge in [0, 0.05) is 21.7 Å². The van der Waals surface area contributed by atoms with E-state index in [2.05, 4.69) is 12.2 Å². The van der Waals surface area contributed by atoms with Gasteiger partial charge in [-0.05, 0) is 74.9 Å². The van der Waals surface area contributed by atoms with E-state index < -0.39 is 5.60 Å². The highest BCUT2D eigenvalue weighted by Gasteiger charge is 2.43. The van der Waals surface area contributed by atoms with E-state index in [9.17, 15) is 9.59 Å². The van der Waals surface area contributed by atoms with Crippen LogP contribution in [0.2, 0.25) is 5.02 Å². The third-order valence-electron chi connectivity index (χ3n) is 6.64. The largest absolute Gasteiger partial charge is 0.486 e. The summed E-state index contributed by atoms with van der Waals surface area (Å²) in [6.45, 7) is 4.06. The molecule has 3 aromatic rings. The third kappa shape index (κ3) is 3.51. The Hall–Kier alpha value is -2.79. The second-order valence-corrected chi connectivity index (χ2v) is 9.33. The first-order valence-corrected chi connectivity index (χ1v) is 11.1. The van der Waals surface area contributed by atoms with Crippen LogP contribution in [0.25, 0.3) is 11.0 Å². The molecule has 1 amide bonds. The van der Waals surface area contributed by atoms with Crippen LogP contribution in [0.4, 0.5) is 5.69 Å². The molecular weight excluding hydrogens is 414 g/mol. The lowest BCUT2D eigenvalue weighted by Crippen LogP contribution is -2.44. The Bertz CT molecular complexity index is 1190. The molecule has 1 fully saturated rings. The van der Waals surface area contributed by atoms with Crippen molar-refractivity contribution in [3.63, 3.8) is 0 Å². The van der Waals surface area contributed by atoms with Gasteiger partial charge < -0.3 is 14.5 Å². The minimum atomic E-state index is -0.392. The Morgan fingerprint density at radius 1 is 1.13 bits per heavy atom. The molecule has 5 rings (SSSR count). The SMILES string of the molecule is Cc1c(C(=O)Nc2ccc(Cl)cc2)oc2ccc3c(c12)C(=O)CC1(CCC(C)CC1)O3. The summed E-state index contributed by atoms with van der Waals surface area (Å²) in [5.41, 5.74) is 1.92. The van der Waals surface area contributed by atoms with Crippen LogP contribution in [0.5, 0.6) is 5.75 Å². The van der Waals surface area contributed by atoms with Gasteiger partial charge in [-0.25, -0.2) is 0 Å². The van der Waals surface area contributed by atoms with E-state index in [1.807, 2.05) is 6.92 Å². The summed E-state index contributed by atoms with van der Waals surface area (Å²) in [4.78, 5) is 26.1. The number of halogens is 1. The number of benzene rings is 2. The summed E-state index contributed by atoms with van der Waals surface area (Å²) in [5, 5.41) is 4.08. The fraction of sp³-hybridized carbons (Fsp3) is 0.360. The molecule has 160 valence electrons. The van der Waals surface area contributed by atoms with Crippen LogP contribution in [-0.2, 0) is 0 Å². The average Bonchev–Trinajstić information content (AvgIpc) is 3.09. The van der Waals surface area contributed by atoms with E-state index in [1.54, 1.807) is 36.4 Å². The van der Waals surface area contributed by atoms with E-state index in [1.165, 1.54) is 0 Å². The van der Waals surface area contributed by atoms with Crippen LogP contribution in [0.15, 0.2) is 40.8 Å². The molecule has 0 atom stereocenters. The van der Waals surface area contributed by atoms with Gasteiger partial charge in [-0.3, -0.25) is 9.59 Å². The van der Waals surface area contributed by atoms with Crippen LogP contribution in [-0.4, -0.2) is 17.3 Å². The second kappa shape index (κ2) is 7.41. The van der Waals surface area contributed by atoms with E-state index in [-0.39, 0.29) is 17.5 Å². The predicted octanol–water partition coefficient (Wildman–Crippen LogP) is 6.56. The molecule has 0 radical (unpaired) electrons. The monoisotopic (exact) mass is 437 g/mol. The Balaban J connectivity index is 1.50. The number of amides is 1. The molecular formula is C25H24ClNO4. The molecule has 2 aromatic carbocycles. The summed E-state index contributed by atoms with van der Waals surface area (Å²) < 4.78 is 12.3. The first kappa shape index (κ1) is 20.1. The van der Waals surface area contributed by atoms with Gasteiger partial charge in [0.15, 0.2) is 11.5 Å². The number of rotatable bonds is 2. The molecule has 0 unspecified atom stereocenters. The molecule has 1 aliphatic heterocycles. The van der Waals surface area contributed by atoms with Crippen LogP contribution in [0.3, 0.4) is 0 Å². The van der Waals surface area contributed by atoms with Crippen molar-refractivity contribution in [2.45, 2.75) is 51.6 Å². The Morgan fingerprint density at radius 3 is 2.55 bits per heavy atom. The first-order valence-electron chi connectivity index (χ1n) is 10.7. The quantitative estimate of drug-likeness (QED) is 0.492. The Kier molecular flexibility index (Phi) is 4.82. The maximum Gasteiger partial charge on any atom is 0.291 e. The molecule has 31 heavy (non-hydrogen) atoms. The van der Waals surface area contributed by atoms with Gasteiger partial charge in [-0.1, -0.05) is 18.5 Å². The number of hydrogen-bond donors (Lipinski definition) is 1. The Labute approximate surface area is 185 Å². The minimum absolute atomic E-state index is 0.0648. The highest BCUT2D eigenvalue weighted by Crippen LogP contribution is 2.46. The minimum Gasteiger partial charge on any atom is -0.486 e. The number of carbonyl (C=O) groups excluding carboxylic acids is 2. The van der Waals surface area contributed by atoms with Crippen LogP contribution < -0.4 is 10.1 Å². The zero-order valence-electron chi connectivity index (χ0n) is 17.6. The number of carbonyl (C=O) groups is 2. The molecule has 1 saturated carbocycles. The van der Waals surface area contributed by atoms with Crippen molar-refractivity contribution in [1.82, 2.24) is 0 Å². The number of nitrogens with one attached hydrogen (secondary N) is 1. The van der Waals surface area contributed by atoms with Crippen molar-refractivity contribution >= 4 is 39.9 Å². The number of aryl methyl sites for hydroxylation is 1.